The zero-order chi connectivity index (χ0) is 21.2. The molecule has 0 radical (unpaired) electrons. The summed E-state index contributed by atoms with van der Waals surface area (Å²) >= 11 is 0. The third-order valence-electron chi connectivity index (χ3n) is 6.13. The first-order valence-electron chi connectivity index (χ1n) is 10.8. The number of hydrogen-bond donors (Lipinski definition) is 1. The van der Waals surface area contributed by atoms with Crippen molar-refractivity contribution < 1.29 is 21.8 Å². The van der Waals surface area contributed by atoms with Crippen molar-refractivity contribution >= 4 is 17.9 Å². The summed E-state index contributed by atoms with van der Waals surface area (Å²) in [5.41, 5.74) is 4.52. The zero-order valence-electron chi connectivity index (χ0n) is 18.0. The fourth-order valence-electron chi connectivity index (χ4n) is 4.52. The Hall–Kier alpha value is -3.37. The minimum absolute atomic E-state index is 0. The first-order valence-corrected chi connectivity index (χ1v) is 10.8. The van der Waals surface area contributed by atoms with Crippen LogP contribution in [0.5, 0.6) is 0 Å². The van der Waals surface area contributed by atoms with Crippen LogP contribution in [0, 0.1) is 0 Å². The lowest BCUT2D eigenvalue weighted by Gasteiger charge is -2.26. The van der Waals surface area contributed by atoms with Crippen molar-refractivity contribution in [2.75, 3.05) is 7.05 Å². The minimum atomic E-state index is -0.0177. The van der Waals surface area contributed by atoms with Crippen molar-refractivity contribution in [1.82, 2.24) is 10.2 Å². The molecule has 162 valence electrons. The van der Waals surface area contributed by atoms with Crippen LogP contribution in [-0.4, -0.2) is 34.4 Å². The van der Waals surface area contributed by atoms with Gasteiger partial charge >= 0.3 is 5.96 Å². The van der Waals surface area contributed by atoms with Gasteiger partial charge in [-0.15, -0.1) is 0 Å². The lowest BCUT2D eigenvalue weighted by Crippen LogP contribution is -3.00. The normalized spacial score (nSPS) is 21.2. The van der Waals surface area contributed by atoms with Crippen molar-refractivity contribution in [3.63, 3.8) is 0 Å². The fraction of sp³-hybridized carbons (Fsp3) is 0.185. The number of guanidine groups is 1. The second-order valence-electron chi connectivity index (χ2n) is 8.16. The van der Waals surface area contributed by atoms with E-state index in [1.54, 1.807) is 0 Å². The molecular formula is C27H26ClN3O. The van der Waals surface area contributed by atoms with Gasteiger partial charge < -0.3 is 12.4 Å². The Morgan fingerprint density at radius 2 is 1.53 bits per heavy atom. The average molecular weight is 444 g/mol. The van der Waals surface area contributed by atoms with E-state index in [9.17, 15) is 4.79 Å². The van der Waals surface area contributed by atoms with Gasteiger partial charge in [0.2, 0.25) is 0 Å². The van der Waals surface area contributed by atoms with E-state index in [0.29, 0.717) is 6.42 Å². The number of amides is 1. The smallest absolute Gasteiger partial charge is 0.361 e. The van der Waals surface area contributed by atoms with Gasteiger partial charge in [0, 0.05) is 6.42 Å². The van der Waals surface area contributed by atoms with Crippen LogP contribution in [0.3, 0.4) is 0 Å². The lowest BCUT2D eigenvalue weighted by molar-refractivity contribution is -0.523. The molecule has 0 spiro atoms. The summed E-state index contributed by atoms with van der Waals surface area (Å²) in [5, 5.41) is 3.65. The lowest BCUT2D eigenvalue weighted by atomic mass is 9.99. The molecule has 2 aliphatic rings. The van der Waals surface area contributed by atoms with Gasteiger partial charge in [-0.3, -0.25) is 14.7 Å². The van der Waals surface area contributed by atoms with E-state index in [1.807, 2.05) is 47.4 Å². The number of nitrogens with one attached hydrogen (secondary N) is 1. The van der Waals surface area contributed by atoms with Gasteiger partial charge in [-0.05, 0) is 22.8 Å². The van der Waals surface area contributed by atoms with Crippen LogP contribution in [0.15, 0.2) is 96.7 Å². The van der Waals surface area contributed by atoms with Crippen LogP contribution in [0.2, 0.25) is 0 Å². The van der Waals surface area contributed by atoms with Crippen LogP contribution in [0.1, 0.15) is 29.2 Å². The number of fused-ring (bicyclic) bond motifs is 1. The molecule has 2 aliphatic heterocycles. The molecule has 3 aromatic rings. The number of nitrogens with zero attached hydrogens (tertiary/aromatic N) is 2. The van der Waals surface area contributed by atoms with Gasteiger partial charge in [0.05, 0.1) is 13.5 Å². The quantitative estimate of drug-likeness (QED) is 0.615. The Kier molecular flexibility index (Phi) is 6.42. The van der Waals surface area contributed by atoms with Gasteiger partial charge in [0.15, 0.2) is 0 Å². The van der Waals surface area contributed by atoms with Crippen molar-refractivity contribution in [1.29, 1.82) is 0 Å². The molecule has 0 saturated carbocycles. The third-order valence-corrected chi connectivity index (χ3v) is 6.13. The van der Waals surface area contributed by atoms with E-state index < -0.39 is 0 Å². The van der Waals surface area contributed by atoms with E-state index in [0.717, 1.165) is 29.2 Å². The second kappa shape index (κ2) is 9.41. The van der Waals surface area contributed by atoms with Crippen molar-refractivity contribution in [2.45, 2.75) is 24.9 Å². The number of halogens is 1. The molecule has 1 saturated heterocycles. The maximum atomic E-state index is 13.4. The highest BCUT2D eigenvalue weighted by atomic mass is 35.5. The van der Waals surface area contributed by atoms with Crippen molar-refractivity contribution in [3.8, 4) is 0 Å². The molecule has 2 heterocycles. The van der Waals surface area contributed by atoms with Crippen LogP contribution in [-0.2, 0) is 11.2 Å². The molecule has 3 aromatic carbocycles. The Morgan fingerprint density at radius 1 is 0.938 bits per heavy atom. The molecular weight excluding hydrogens is 418 g/mol. The summed E-state index contributed by atoms with van der Waals surface area (Å²) < 4.78 is 2.22. The molecule has 1 amide bonds. The molecule has 1 N–H and O–H groups in total. The summed E-state index contributed by atoms with van der Waals surface area (Å²) in [7, 11) is 2.08. The molecule has 0 aromatic heterocycles. The Bertz CT molecular complexity index is 1140. The summed E-state index contributed by atoms with van der Waals surface area (Å²) in [6.07, 6.45) is 3.42. The molecule has 2 atom stereocenters. The minimum Gasteiger partial charge on any atom is -1.00 e. The molecule has 1 fully saturated rings. The summed E-state index contributed by atoms with van der Waals surface area (Å²) in [4.78, 5) is 15.3. The highest BCUT2D eigenvalue weighted by Gasteiger charge is 2.49. The second-order valence-corrected chi connectivity index (χ2v) is 8.16. The average Bonchev–Trinajstić information content (AvgIpc) is 3.07. The van der Waals surface area contributed by atoms with Gasteiger partial charge in [0.25, 0.3) is 5.91 Å². The largest absolute Gasteiger partial charge is 1.00 e. The van der Waals surface area contributed by atoms with Crippen LogP contribution in [0.4, 0.5) is 0 Å². The molecule has 32 heavy (non-hydrogen) atoms. The Labute approximate surface area is 195 Å². The molecule has 5 heteroatoms. The number of benzene rings is 3. The molecule has 5 rings (SSSR count). The van der Waals surface area contributed by atoms with Crippen LogP contribution < -0.4 is 17.7 Å². The molecule has 0 aliphatic carbocycles. The number of hydrogen-bond acceptors (Lipinski definition) is 2. The van der Waals surface area contributed by atoms with Gasteiger partial charge in [-0.2, -0.15) is 4.90 Å². The zero-order valence-corrected chi connectivity index (χ0v) is 18.7. The topological polar surface area (TPSA) is 35.4 Å². The highest BCUT2D eigenvalue weighted by molar-refractivity contribution is 6.01. The number of rotatable bonds is 4. The number of carbonyl (C=O) groups is 1. The predicted octanol–water partition coefficient (Wildman–Crippen LogP) is 1.22. The van der Waals surface area contributed by atoms with Gasteiger partial charge in [0.1, 0.15) is 17.8 Å². The predicted molar refractivity (Wildman–Crippen MR) is 123 cm³/mol. The van der Waals surface area contributed by atoms with E-state index >= 15 is 0 Å². The Balaban J connectivity index is 0.00000245. The third kappa shape index (κ3) is 4.19. The highest BCUT2D eigenvalue weighted by Crippen LogP contribution is 2.32. The molecule has 0 bridgehead atoms. The van der Waals surface area contributed by atoms with E-state index in [1.165, 1.54) is 5.56 Å². The maximum Gasteiger partial charge on any atom is 0.361 e. The monoisotopic (exact) mass is 443 g/mol. The summed E-state index contributed by atoms with van der Waals surface area (Å²) in [6, 6.07) is 31.0. The summed E-state index contributed by atoms with van der Waals surface area (Å²) in [5.74, 6) is 1.00. The van der Waals surface area contributed by atoms with E-state index in [2.05, 4.69) is 71.5 Å². The van der Waals surface area contributed by atoms with Crippen molar-refractivity contribution in [2.24, 2.45) is 0 Å². The first-order chi connectivity index (χ1) is 15.2. The van der Waals surface area contributed by atoms with Gasteiger partial charge in [-0.1, -0.05) is 91.0 Å². The van der Waals surface area contributed by atoms with Crippen molar-refractivity contribution in [3.05, 3.63) is 113 Å². The SMILES string of the molecule is C[N+]1=C2N[C@@H](c3ccccc3)CC(=O)N2/C(=C\c2ccccc2)[C@@H]1Cc1ccccc1.[Cl-]. The summed E-state index contributed by atoms with van der Waals surface area (Å²) in [6.45, 7) is 0. The van der Waals surface area contributed by atoms with Crippen LogP contribution in [0.25, 0.3) is 6.08 Å². The maximum absolute atomic E-state index is 13.4. The Morgan fingerprint density at radius 3 is 2.19 bits per heavy atom. The molecule has 0 unspecified atom stereocenters. The fourth-order valence-corrected chi connectivity index (χ4v) is 4.52. The number of likely N-dealkylation sites (N-methyl/N-ethyl adjacent to an activating group) is 1. The van der Waals surface area contributed by atoms with Gasteiger partial charge in [-0.25, -0.2) is 0 Å². The van der Waals surface area contributed by atoms with Crippen LogP contribution >= 0.6 is 0 Å². The first kappa shape index (κ1) is 21.8. The standard InChI is InChI=1S/C27H25N3O.ClH/c1-29-24(17-20-11-5-2-6-12-20)25(18-21-13-7-3-8-14-21)30-26(31)19-23(28-27(29)30)22-15-9-4-10-16-22;/h2-16,18,23-24H,17,19H2,1H3;1H/b25-18-;/t23-,24+;/m1./s1. The molecule has 4 nitrogen and oxygen atoms in total. The van der Waals surface area contributed by atoms with E-state index in [-0.39, 0.29) is 30.4 Å². The van der Waals surface area contributed by atoms with E-state index in [4.69, 9.17) is 0 Å². The number of carbonyl (C=O) groups excluding carboxylic acids is 1.